The van der Waals surface area contributed by atoms with Crippen LogP contribution in [-0.2, 0) is 14.3 Å². The van der Waals surface area contributed by atoms with Crippen LogP contribution in [0.2, 0.25) is 0 Å². The molecule has 0 bridgehead atoms. The number of carbonyl (C=O) groups is 2. The van der Waals surface area contributed by atoms with Gasteiger partial charge in [0.2, 0.25) is 5.91 Å². The SMILES string of the molecule is CCCCCC/C=C\C/C=C\CCCCCCCCCC(=O)OCCCCCCCCCCCCCCCCCCCCCCCCCCCCCCC(=O)NC(CO)C(O)CCCCCCCCCCCCCCCCCCCCCCCCCCC. The van der Waals surface area contributed by atoms with E-state index in [2.05, 4.69) is 43.5 Å². The molecule has 0 radical (unpaired) electrons. The number of allylic oxidation sites excluding steroid dienone is 4. The maximum Gasteiger partial charge on any atom is 0.305 e. The van der Waals surface area contributed by atoms with Crippen molar-refractivity contribution < 1.29 is 24.5 Å². The average Bonchev–Trinajstić information content (AvgIpc) is 3.58. The molecule has 6 heteroatoms. The Morgan fingerprint density at radius 3 is 0.875 bits per heavy atom. The number of ether oxygens (including phenoxy) is 1. The molecular formula is C82H159NO5. The summed E-state index contributed by atoms with van der Waals surface area (Å²) in [4.78, 5) is 24.7. The summed E-state index contributed by atoms with van der Waals surface area (Å²) in [5, 5.41) is 23.5. The van der Waals surface area contributed by atoms with E-state index in [1.807, 2.05) is 0 Å². The van der Waals surface area contributed by atoms with Gasteiger partial charge in [0, 0.05) is 12.8 Å². The van der Waals surface area contributed by atoms with Crippen molar-refractivity contribution >= 4 is 11.9 Å². The largest absolute Gasteiger partial charge is 0.466 e. The quantitative estimate of drug-likeness (QED) is 0.0320. The van der Waals surface area contributed by atoms with Gasteiger partial charge in [-0.1, -0.05) is 417 Å². The first-order chi connectivity index (χ1) is 43.5. The smallest absolute Gasteiger partial charge is 0.305 e. The molecule has 0 spiro atoms. The van der Waals surface area contributed by atoms with Crippen molar-refractivity contribution in [2.24, 2.45) is 0 Å². The lowest BCUT2D eigenvalue weighted by Crippen LogP contribution is -2.45. The molecule has 88 heavy (non-hydrogen) atoms. The molecule has 3 N–H and O–H groups in total. The molecule has 0 aromatic rings. The second-order valence-electron chi connectivity index (χ2n) is 28.1. The van der Waals surface area contributed by atoms with E-state index in [4.69, 9.17) is 4.74 Å². The number of aliphatic hydroxyl groups excluding tert-OH is 2. The van der Waals surface area contributed by atoms with E-state index in [0.717, 1.165) is 51.4 Å². The highest BCUT2D eigenvalue weighted by atomic mass is 16.5. The molecule has 2 unspecified atom stereocenters. The summed E-state index contributed by atoms with van der Waals surface area (Å²) in [6.07, 6.45) is 99.9. The summed E-state index contributed by atoms with van der Waals surface area (Å²) in [5.41, 5.74) is 0. The first-order valence-electron chi connectivity index (χ1n) is 40.6. The van der Waals surface area contributed by atoms with Gasteiger partial charge < -0.3 is 20.3 Å². The van der Waals surface area contributed by atoms with Crippen LogP contribution < -0.4 is 5.32 Å². The molecule has 2 atom stereocenters. The molecule has 0 aliphatic rings. The Bertz CT molecular complexity index is 1380. The van der Waals surface area contributed by atoms with Crippen LogP contribution >= 0.6 is 0 Å². The molecule has 0 aliphatic heterocycles. The minimum atomic E-state index is -0.664. The van der Waals surface area contributed by atoms with Crippen LogP contribution in [0.25, 0.3) is 0 Å². The lowest BCUT2D eigenvalue weighted by Gasteiger charge is -2.22. The van der Waals surface area contributed by atoms with Crippen LogP contribution in [0.3, 0.4) is 0 Å². The highest BCUT2D eigenvalue weighted by Gasteiger charge is 2.20. The molecule has 0 rings (SSSR count). The Hall–Kier alpha value is -1.66. The number of esters is 1. The van der Waals surface area contributed by atoms with E-state index >= 15 is 0 Å². The molecule has 0 saturated heterocycles. The molecule has 6 nitrogen and oxygen atoms in total. The molecule has 522 valence electrons. The maximum absolute atomic E-state index is 12.6. The van der Waals surface area contributed by atoms with Crippen molar-refractivity contribution in [3.63, 3.8) is 0 Å². The minimum Gasteiger partial charge on any atom is -0.466 e. The number of nitrogens with one attached hydrogen (secondary N) is 1. The van der Waals surface area contributed by atoms with Crippen LogP contribution in [0.1, 0.15) is 463 Å². The molecular weight excluding hydrogens is 1080 g/mol. The van der Waals surface area contributed by atoms with Gasteiger partial charge in [0.05, 0.1) is 25.4 Å². The van der Waals surface area contributed by atoms with Crippen LogP contribution in [-0.4, -0.2) is 47.4 Å². The second kappa shape index (κ2) is 77.8. The minimum absolute atomic E-state index is 0.0127. The van der Waals surface area contributed by atoms with Crippen LogP contribution in [0, 0.1) is 0 Å². The number of rotatable bonds is 77. The normalized spacial score (nSPS) is 12.5. The van der Waals surface area contributed by atoms with Gasteiger partial charge in [0.15, 0.2) is 0 Å². The Labute approximate surface area is 551 Å². The summed E-state index contributed by atoms with van der Waals surface area (Å²) in [5.74, 6) is -0.0131. The van der Waals surface area contributed by atoms with Crippen LogP contribution in [0.15, 0.2) is 24.3 Å². The number of hydrogen-bond donors (Lipinski definition) is 3. The highest BCUT2D eigenvalue weighted by molar-refractivity contribution is 5.76. The van der Waals surface area contributed by atoms with Gasteiger partial charge in [0.1, 0.15) is 0 Å². The fraction of sp³-hybridized carbons (Fsp3) is 0.927. The fourth-order valence-electron chi connectivity index (χ4n) is 13.1. The van der Waals surface area contributed by atoms with E-state index in [9.17, 15) is 19.8 Å². The number of aliphatic hydroxyl groups is 2. The highest BCUT2D eigenvalue weighted by Crippen LogP contribution is 2.20. The van der Waals surface area contributed by atoms with Gasteiger partial charge in [-0.25, -0.2) is 0 Å². The van der Waals surface area contributed by atoms with Gasteiger partial charge in [-0.15, -0.1) is 0 Å². The zero-order valence-electron chi connectivity index (χ0n) is 60.0. The van der Waals surface area contributed by atoms with E-state index in [-0.39, 0.29) is 18.5 Å². The zero-order chi connectivity index (χ0) is 63.5. The van der Waals surface area contributed by atoms with Crippen molar-refractivity contribution in [1.82, 2.24) is 5.32 Å². The zero-order valence-corrected chi connectivity index (χ0v) is 60.0. The Morgan fingerprint density at radius 1 is 0.318 bits per heavy atom. The number of hydrogen-bond acceptors (Lipinski definition) is 5. The summed E-state index contributed by atoms with van der Waals surface area (Å²) < 4.78 is 5.51. The Kier molecular flexibility index (Phi) is 76.3. The standard InChI is InChI=1S/C82H159NO5/c1-3-5-7-9-11-13-15-17-19-21-23-24-25-30-33-36-39-42-46-50-54-58-62-66-70-74-80(85)79(78-84)83-81(86)75-71-67-63-59-55-51-47-43-40-37-34-31-28-26-27-29-32-35-38-41-45-49-53-57-61-65-69-73-77-88-82(87)76-72-68-64-60-56-52-48-44-22-20-18-16-14-12-10-8-6-4-2/h14,16,20,22,79-80,84-85H,3-13,15,17-19,21,23-78H2,1-2H3,(H,83,86)/b16-14-,22-20-. The first kappa shape index (κ1) is 86.3. The van der Waals surface area contributed by atoms with E-state index < -0.39 is 12.1 Å². The maximum atomic E-state index is 12.6. The van der Waals surface area contributed by atoms with Crippen molar-refractivity contribution in [1.29, 1.82) is 0 Å². The van der Waals surface area contributed by atoms with Gasteiger partial charge in [0.25, 0.3) is 0 Å². The molecule has 0 saturated carbocycles. The van der Waals surface area contributed by atoms with Gasteiger partial charge in [-0.05, 0) is 57.8 Å². The predicted molar refractivity (Wildman–Crippen MR) is 389 cm³/mol. The summed E-state index contributed by atoms with van der Waals surface area (Å²) >= 11 is 0. The summed E-state index contributed by atoms with van der Waals surface area (Å²) in [7, 11) is 0. The predicted octanol–water partition coefficient (Wildman–Crippen LogP) is 26.8. The molecule has 0 heterocycles. The number of carbonyl (C=O) groups excluding carboxylic acids is 2. The third-order valence-electron chi connectivity index (χ3n) is 19.3. The second-order valence-corrected chi connectivity index (χ2v) is 28.1. The fourth-order valence-corrected chi connectivity index (χ4v) is 13.1. The van der Waals surface area contributed by atoms with Crippen molar-refractivity contribution in [2.75, 3.05) is 13.2 Å². The van der Waals surface area contributed by atoms with Gasteiger partial charge >= 0.3 is 5.97 Å². The third-order valence-corrected chi connectivity index (χ3v) is 19.3. The Balaban J connectivity index is 3.34. The lowest BCUT2D eigenvalue weighted by molar-refractivity contribution is -0.143. The van der Waals surface area contributed by atoms with E-state index in [1.54, 1.807) is 0 Å². The van der Waals surface area contributed by atoms with E-state index in [0.29, 0.717) is 25.9 Å². The van der Waals surface area contributed by atoms with E-state index in [1.165, 1.54) is 379 Å². The van der Waals surface area contributed by atoms with Crippen molar-refractivity contribution in [2.45, 2.75) is 475 Å². The first-order valence-corrected chi connectivity index (χ1v) is 40.6. The molecule has 0 aromatic carbocycles. The third kappa shape index (κ3) is 73.4. The summed E-state index contributed by atoms with van der Waals surface area (Å²) in [6.45, 7) is 4.99. The van der Waals surface area contributed by atoms with Crippen LogP contribution in [0.4, 0.5) is 0 Å². The molecule has 0 aliphatic carbocycles. The summed E-state index contributed by atoms with van der Waals surface area (Å²) in [6, 6.07) is -0.541. The Morgan fingerprint density at radius 2 is 0.568 bits per heavy atom. The van der Waals surface area contributed by atoms with Crippen molar-refractivity contribution in [3.8, 4) is 0 Å². The monoisotopic (exact) mass is 1240 g/mol. The molecule has 0 aromatic heterocycles. The van der Waals surface area contributed by atoms with Crippen molar-refractivity contribution in [3.05, 3.63) is 24.3 Å². The molecule has 1 amide bonds. The number of unbranched alkanes of at least 4 members (excludes halogenated alkanes) is 62. The lowest BCUT2D eigenvalue weighted by atomic mass is 10.0. The average molecular weight is 1240 g/mol. The number of amides is 1. The van der Waals surface area contributed by atoms with Crippen LogP contribution in [0.5, 0.6) is 0 Å². The van der Waals surface area contributed by atoms with Gasteiger partial charge in [-0.2, -0.15) is 0 Å². The van der Waals surface area contributed by atoms with Gasteiger partial charge in [-0.3, -0.25) is 9.59 Å². The molecule has 0 fully saturated rings. The topological polar surface area (TPSA) is 95.9 Å².